The lowest BCUT2D eigenvalue weighted by atomic mass is 10.2. The number of hydrogen-bond acceptors (Lipinski definition) is 5. The van der Waals surface area contributed by atoms with E-state index in [9.17, 15) is 18.0 Å². The van der Waals surface area contributed by atoms with Gasteiger partial charge in [0, 0.05) is 25.7 Å². The Kier molecular flexibility index (Phi) is 3.63. The molecule has 3 rings (SSSR count). The van der Waals surface area contributed by atoms with Crippen LogP contribution >= 0.6 is 0 Å². The summed E-state index contributed by atoms with van der Waals surface area (Å²) >= 11 is 0. The molecule has 1 atom stereocenters. The van der Waals surface area contributed by atoms with Crippen molar-refractivity contribution in [2.24, 2.45) is 0 Å². The van der Waals surface area contributed by atoms with Gasteiger partial charge in [0.2, 0.25) is 10.0 Å². The number of piperazine rings is 1. The third-order valence-electron chi connectivity index (χ3n) is 3.68. The molecule has 1 fully saturated rings. The predicted molar refractivity (Wildman–Crippen MR) is 81.4 cm³/mol. The van der Waals surface area contributed by atoms with Crippen molar-refractivity contribution in [3.8, 4) is 0 Å². The first kappa shape index (κ1) is 14.9. The monoisotopic (exact) mass is 324 g/mol. The molecule has 1 aromatic carbocycles. The fourth-order valence-electron chi connectivity index (χ4n) is 2.57. The first-order chi connectivity index (χ1) is 10.4. The van der Waals surface area contributed by atoms with Gasteiger partial charge in [0.25, 0.3) is 5.56 Å². The highest BCUT2D eigenvalue weighted by atomic mass is 32.2. The number of nitrogens with one attached hydrogen (secondary N) is 3. The molecule has 1 aliphatic heterocycles. The Bertz CT molecular complexity index is 931. The largest absolute Gasteiger partial charge is 0.326 e. The molecule has 0 bridgehead atoms. The Balaban J connectivity index is 2.09. The van der Waals surface area contributed by atoms with Gasteiger partial charge in [0.1, 0.15) is 0 Å². The summed E-state index contributed by atoms with van der Waals surface area (Å²) in [6.45, 7) is 3.26. The maximum atomic E-state index is 12.7. The van der Waals surface area contributed by atoms with Crippen LogP contribution in [-0.4, -0.2) is 48.4 Å². The molecule has 9 heteroatoms. The maximum absolute atomic E-state index is 12.7. The summed E-state index contributed by atoms with van der Waals surface area (Å²) in [5.74, 6) is 0. The second-order valence-corrected chi connectivity index (χ2v) is 7.27. The Morgan fingerprint density at radius 2 is 2.00 bits per heavy atom. The van der Waals surface area contributed by atoms with Crippen molar-refractivity contribution in [2.45, 2.75) is 17.9 Å². The molecule has 1 aromatic heterocycles. The third-order valence-corrected chi connectivity index (χ3v) is 5.54. The summed E-state index contributed by atoms with van der Waals surface area (Å²) in [5, 5.41) is 3.32. The number of sulfonamides is 1. The summed E-state index contributed by atoms with van der Waals surface area (Å²) in [5.41, 5.74) is -0.921. The summed E-state index contributed by atoms with van der Waals surface area (Å²) < 4.78 is 26.7. The van der Waals surface area contributed by atoms with Crippen LogP contribution in [-0.2, 0) is 10.0 Å². The number of benzene rings is 1. The zero-order valence-corrected chi connectivity index (χ0v) is 12.7. The fourth-order valence-corrected chi connectivity index (χ4v) is 4.13. The van der Waals surface area contributed by atoms with Gasteiger partial charge in [-0.05, 0) is 25.1 Å². The number of nitrogens with zero attached hydrogens (tertiary/aromatic N) is 1. The molecule has 1 saturated heterocycles. The molecule has 22 heavy (non-hydrogen) atoms. The molecule has 8 nitrogen and oxygen atoms in total. The molecule has 1 aliphatic rings. The van der Waals surface area contributed by atoms with E-state index in [0.29, 0.717) is 25.2 Å². The van der Waals surface area contributed by atoms with Crippen LogP contribution in [0.1, 0.15) is 6.92 Å². The van der Waals surface area contributed by atoms with E-state index in [1.54, 1.807) is 0 Å². The Hall–Kier alpha value is -1.97. The van der Waals surface area contributed by atoms with Gasteiger partial charge in [0.15, 0.2) is 0 Å². The molecule has 0 spiro atoms. The van der Waals surface area contributed by atoms with Gasteiger partial charge in [0.05, 0.1) is 15.8 Å². The predicted octanol–water partition coefficient (Wildman–Crippen LogP) is -0.801. The van der Waals surface area contributed by atoms with E-state index in [-0.39, 0.29) is 16.3 Å². The highest BCUT2D eigenvalue weighted by Gasteiger charge is 2.28. The number of fused-ring (bicyclic) bond motifs is 1. The minimum atomic E-state index is -3.66. The highest BCUT2D eigenvalue weighted by Crippen LogP contribution is 2.19. The number of aromatic amines is 2. The van der Waals surface area contributed by atoms with Gasteiger partial charge in [-0.2, -0.15) is 4.31 Å². The van der Waals surface area contributed by atoms with E-state index in [1.165, 1.54) is 22.5 Å². The Morgan fingerprint density at radius 1 is 1.23 bits per heavy atom. The molecule has 0 radical (unpaired) electrons. The normalized spacial score (nSPS) is 20.3. The first-order valence-electron chi connectivity index (χ1n) is 6.88. The van der Waals surface area contributed by atoms with Gasteiger partial charge in [-0.15, -0.1) is 0 Å². The second kappa shape index (κ2) is 5.34. The third kappa shape index (κ3) is 2.58. The zero-order chi connectivity index (χ0) is 15.9. The average molecular weight is 324 g/mol. The number of aromatic nitrogens is 2. The molecule has 3 N–H and O–H groups in total. The molecular weight excluding hydrogens is 308 g/mol. The van der Waals surface area contributed by atoms with Crippen LogP contribution in [0.15, 0.2) is 32.7 Å². The van der Waals surface area contributed by atoms with Crippen LogP contribution in [0.4, 0.5) is 0 Å². The summed E-state index contributed by atoms with van der Waals surface area (Å²) in [4.78, 5) is 27.6. The van der Waals surface area contributed by atoms with Crippen LogP contribution in [0.5, 0.6) is 0 Å². The van der Waals surface area contributed by atoms with Crippen molar-refractivity contribution in [1.82, 2.24) is 19.6 Å². The molecular formula is C13H16N4O4S. The van der Waals surface area contributed by atoms with E-state index in [0.717, 1.165) is 0 Å². The van der Waals surface area contributed by atoms with Gasteiger partial charge in [-0.3, -0.25) is 9.78 Å². The Labute approximate surface area is 126 Å². The molecule has 0 amide bonds. The molecule has 2 heterocycles. The van der Waals surface area contributed by atoms with Crippen LogP contribution < -0.4 is 16.6 Å². The van der Waals surface area contributed by atoms with Gasteiger partial charge in [-0.1, -0.05) is 0 Å². The minimum absolute atomic E-state index is 0.0478. The van der Waals surface area contributed by atoms with Crippen molar-refractivity contribution in [2.75, 3.05) is 19.6 Å². The second-order valence-electron chi connectivity index (χ2n) is 5.33. The smallest absolute Gasteiger partial charge is 0.312 e. The van der Waals surface area contributed by atoms with Crippen molar-refractivity contribution < 1.29 is 8.42 Å². The quantitative estimate of drug-likeness (QED) is 0.669. The molecule has 0 unspecified atom stereocenters. The molecule has 2 aromatic rings. The van der Waals surface area contributed by atoms with E-state index < -0.39 is 21.3 Å². The standard InChI is InChI=1S/C13H16N4O4S/c1-8-7-17(5-4-14-8)22(20,21)9-2-3-11-10(6-9)12(18)16-13(19)15-11/h2-3,6,8,14H,4-5,7H2,1H3,(H2,15,16,18,19)/t8-/m1/s1. The van der Waals surface area contributed by atoms with Crippen molar-refractivity contribution in [3.05, 3.63) is 39.0 Å². The minimum Gasteiger partial charge on any atom is -0.312 e. The number of hydrogen-bond donors (Lipinski definition) is 3. The average Bonchev–Trinajstić information content (AvgIpc) is 2.46. The van der Waals surface area contributed by atoms with Crippen molar-refractivity contribution >= 4 is 20.9 Å². The number of H-pyrrole nitrogens is 2. The number of rotatable bonds is 2. The van der Waals surface area contributed by atoms with Gasteiger partial charge >= 0.3 is 5.69 Å². The van der Waals surface area contributed by atoms with Crippen LogP contribution in [0.25, 0.3) is 10.9 Å². The lowest BCUT2D eigenvalue weighted by molar-refractivity contribution is 0.310. The molecule has 0 saturated carbocycles. The van der Waals surface area contributed by atoms with Crippen LogP contribution in [0, 0.1) is 0 Å². The fraction of sp³-hybridized carbons (Fsp3) is 0.385. The van der Waals surface area contributed by atoms with Crippen LogP contribution in [0.2, 0.25) is 0 Å². The Morgan fingerprint density at radius 3 is 2.73 bits per heavy atom. The lowest BCUT2D eigenvalue weighted by Crippen LogP contribution is -2.51. The molecule has 0 aliphatic carbocycles. The van der Waals surface area contributed by atoms with Crippen molar-refractivity contribution in [1.29, 1.82) is 0 Å². The summed E-state index contributed by atoms with van der Waals surface area (Å²) in [7, 11) is -3.66. The van der Waals surface area contributed by atoms with E-state index in [2.05, 4.69) is 15.3 Å². The van der Waals surface area contributed by atoms with E-state index in [1.807, 2.05) is 6.92 Å². The SMILES string of the molecule is C[C@@H]1CN(S(=O)(=O)c2ccc3[nH]c(=O)[nH]c(=O)c3c2)CCN1. The van der Waals surface area contributed by atoms with Gasteiger partial charge in [-0.25, -0.2) is 13.2 Å². The topological polar surface area (TPSA) is 115 Å². The zero-order valence-electron chi connectivity index (χ0n) is 11.9. The summed E-state index contributed by atoms with van der Waals surface area (Å²) in [6, 6.07) is 4.21. The van der Waals surface area contributed by atoms with E-state index in [4.69, 9.17) is 0 Å². The van der Waals surface area contributed by atoms with Gasteiger partial charge < -0.3 is 10.3 Å². The lowest BCUT2D eigenvalue weighted by Gasteiger charge is -2.31. The van der Waals surface area contributed by atoms with Crippen molar-refractivity contribution in [3.63, 3.8) is 0 Å². The maximum Gasteiger partial charge on any atom is 0.326 e. The first-order valence-corrected chi connectivity index (χ1v) is 8.32. The van der Waals surface area contributed by atoms with E-state index >= 15 is 0 Å². The van der Waals surface area contributed by atoms with Crippen LogP contribution in [0.3, 0.4) is 0 Å². The molecule has 118 valence electrons. The highest BCUT2D eigenvalue weighted by molar-refractivity contribution is 7.89. The summed E-state index contributed by atoms with van der Waals surface area (Å²) in [6.07, 6.45) is 0.